The number of amidine groups is 1. The molecule has 2 rings (SSSR count). The number of carbonyl (C=O) groups excluding carboxylic acids is 1. The van der Waals surface area contributed by atoms with Gasteiger partial charge in [0, 0.05) is 13.3 Å². The van der Waals surface area contributed by atoms with Crippen molar-refractivity contribution in [1.29, 1.82) is 0 Å². The second-order valence-electron chi connectivity index (χ2n) is 3.63. The molecule has 14 heavy (non-hydrogen) atoms. The molecule has 0 saturated carbocycles. The molecule has 0 bridgehead atoms. The smallest absolute Gasteiger partial charge is 0.255 e. The fraction of sp³-hybridized carbons (Fsp3) is 0.625. The Balaban J connectivity index is 2.37. The highest BCUT2D eigenvalue weighted by Crippen LogP contribution is 2.16. The van der Waals surface area contributed by atoms with Crippen LogP contribution in [0.4, 0.5) is 0 Å². The number of amides is 1. The zero-order valence-electron chi connectivity index (χ0n) is 8.19. The van der Waals surface area contributed by atoms with E-state index in [0.29, 0.717) is 12.4 Å². The van der Waals surface area contributed by atoms with E-state index in [4.69, 9.17) is 5.73 Å². The van der Waals surface area contributed by atoms with Crippen molar-refractivity contribution in [2.45, 2.75) is 18.8 Å². The number of nitrogens with zero attached hydrogens (tertiary/aromatic N) is 3. The van der Waals surface area contributed by atoms with Crippen LogP contribution < -0.4 is 11.1 Å². The van der Waals surface area contributed by atoms with Crippen LogP contribution >= 0.6 is 0 Å². The number of nitrogens with two attached hydrogens (primary N) is 1. The Bertz CT molecular complexity index is 333. The van der Waals surface area contributed by atoms with Crippen molar-refractivity contribution < 1.29 is 4.79 Å². The topological polar surface area (TPSA) is 83.1 Å². The van der Waals surface area contributed by atoms with Gasteiger partial charge in [0.15, 0.2) is 11.8 Å². The van der Waals surface area contributed by atoms with Crippen LogP contribution in [0.3, 0.4) is 0 Å². The van der Waals surface area contributed by atoms with E-state index >= 15 is 0 Å². The SMILES string of the molecule is CN1C2=NCC=NC2C(=O)NC1(C)N. The summed E-state index contributed by atoms with van der Waals surface area (Å²) in [6.07, 6.45) is 1.64. The molecule has 0 spiro atoms. The van der Waals surface area contributed by atoms with E-state index in [1.165, 1.54) is 0 Å². The second kappa shape index (κ2) is 2.78. The molecule has 1 saturated heterocycles. The summed E-state index contributed by atoms with van der Waals surface area (Å²) >= 11 is 0. The van der Waals surface area contributed by atoms with Crippen LogP contribution in [0.5, 0.6) is 0 Å². The third-order valence-corrected chi connectivity index (χ3v) is 2.50. The van der Waals surface area contributed by atoms with E-state index in [1.807, 2.05) is 0 Å². The summed E-state index contributed by atoms with van der Waals surface area (Å²) in [5.41, 5.74) is 5.88. The van der Waals surface area contributed by atoms with Crippen LogP contribution in [-0.2, 0) is 4.79 Å². The maximum absolute atomic E-state index is 11.6. The molecule has 2 aliphatic heterocycles. The maximum atomic E-state index is 11.6. The van der Waals surface area contributed by atoms with Gasteiger partial charge >= 0.3 is 0 Å². The third kappa shape index (κ3) is 1.19. The van der Waals surface area contributed by atoms with Gasteiger partial charge in [0.25, 0.3) is 5.91 Å². The van der Waals surface area contributed by atoms with E-state index in [0.717, 1.165) is 0 Å². The van der Waals surface area contributed by atoms with Crippen molar-refractivity contribution >= 4 is 18.0 Å². The van der Waals surface area contributed by atoms with Gasteiger partial charge in [-0.05, 0) is 6.92 Å². The Morgan fingerprint density at radius 1 is 1.79 bits per heavy atom. The Hall–Kier alpha value is -1.43. The predicted octanol–water partition coefficient (Wildman–Crippen LogP) is -1.47. The van der Waals surface area contributed by atoms with Crippen molar-refractivity contribution in [2.75, 3.05) is 13.6 Å². The minimum atomic E-state index is -0.876. The molecule has 2 aliphatic rings. The largest absolute Gasteiger partial charge is 0.326 e. The number of hydrogen-bond donors (Lipinski definition) is 2. The Kier molecular flexibility index (Phi) is 1.81. The molecular formula is C8H13N5O. The van der Waals surface area contributed by atoms with Gasteiger partial charge in [-0.3, -0.25) is 20.5 Å². The lowest BCUT2D eigenvalue weighted by Gasteiger charge is -2.44. The first-order valence-corrected chi connectivity index (χ1v) is 4.43. The zero-order chi connectivity index (χ0) is 10.3. The predicted molar refractivity (Wildman–Crippen MR) is 53.1 cm³/mol. The summed E-state index contributed by atoms with van der Waals surface area (Å²) < 4.78 is 0. The van der Waals surface area contributed by atoms with Crippen molar-refractivity contribution in [1.82, 2.24) is 10.2 Å². The summed E-state index contributed by atoms with van der Waals surface area (Å²) in [4.78, 5) is 21.6. The van der Waals surface area contributed by atoms with Gasteiger partial charge in [0.1, 0.15) is 5.84 Å². The molecule has 2 atom stereocenters. The maximum Gasteiger partial charge on any atom is 0.255 e. The van der Waals surface area contributed by atoms with Crippen molar-refractivity contribution in [3.05, 3.63) is 0 Å². The standard InChI is InChI=1S/C8H13N5O/c1-8(9)12-7(14)5-6(13(8)2)11-4-3-10-5/h3,5H,4,9H2,1-2H3,(H,12,14). The van der Waals surface area contributed by atoms with Gasteiger partial charge in [0.2, 0.25) is 0 Å². The average molecular weight is 195 g/mol. The summed E-state index contributed by atoms with van der Waals surface area (Å²) in [7, 11) is 1.80. The average Bonchev–Trinajstić information content (AvgIpc) is 2.14. The Morgan fingerprint density at radius 2 is 2.50 bits per heavy atom. The second-order valence-corrected chi connectivity index (χ2v) is 3.63. The first-order valence-electron chi connectivity index (χ1n) is 4.43. The molecule has 0 aromatic rings. The molecule has 6 nitrogen and oxygen atoms in total. The molecule has 1 amide bonds. The lowest BCUT2D eigenvalue weighted by molar-refractivity contribution is -0.126. The molecule has 76 valence electrons. The molecule has 0 aromatic heterocycles. The van der Waals surface area contributed by atoms with Gasteiger partial charge in [-0.25, -0.2) is 0 Å². The molecule has 6 heteroatoms. The quantitative estimate of drug-likeness (QED) is 0.495. The van der Waals surface area contributed by atoms with Crippen LogP contribution in [0.1, 0.15) is 6.92 Å². The van der Waals surface area contributed by atoms with Gasteiger partial charge in [-0.2, -0.15) is 0 Å². The highest BCUT2D eigenvalue weighted by Gasteiger charge is 2.42. The van der Waals surface area contributed by atoms with Gasteiger partial charge in [0.05, 0.1) is 6.54 Å². The fourth-order valence-electron chi connectivity index (χ4n) is 1.55. The first kappa shape index (κ1) is 9.14. The number of aliphatic imine (C=N–C) groups is 2. The van der Waals surface area contributed by atoms with E-state index in [1.54, 1.807) is 25.1 Å². The number of carbonyl (C=O) groups is 1. The highest BCUT2D eigenvalue weighted by atomic mass is 16.2. The van der Waals surface area contributed by atoms with Crippen LogP contribution in [0.15, 0.2) is 9.98 Å². The highest BCUT2D eigenvalue weighted by molar-refractivity contribution is 6.11. The number of rotatable bonds is 0. The van der Waals surface area contributed by atoms with Crippen molar-refractivity contribution in [3.63, 3.8) is 0 Å². The number of nitrogens with one attached hydrogen (secondary N) is 1. The van der Waals surface area contributed by atoms with Crippen LogP contribution in [-0.4, -0.2) is 48.3 Å². The first-order chi connectivity index (χ1) is 6.52. The lowest BCUT2D eigenvalue weighted by atomic mass is 10.1. The summed E-state index contributed by atoms with van der Waals surface area (Å²) in [6.45, 7) is 2.24. The van der Waals surface area contributed by atoms with Crippen molar-refractivity contribution in [3.8, 4) is 0 Å². The molecule has 2 unspecified atom stereocenters. The minimum absolute atomic E-state index is 0.192. The molecular weight excluding hydrogens is 182 g/mol. The normalized spacial score (nSPS) is 36.2. The van der Waals surface area contributed by atoms with Gasteiger partial charge in [-0.15, -0.1) is 0 Å². The van der Waals surface area contributed by atoms with E-state index in [9.17, 15) is 4.79 Å². The third-order valence-electron chi connectivity index (χ3n) is 2.50. The van der Waals surface area contributed by atoms with Gasteiger partial charge < -0.3 is 10.2 Å². The Morgan fingerprint density at radius 3 is 3.21 bits per heavy atom. The lowest BCUT2D eigenvalue weighted by Crippen LogP contribution is -2.73. The molecule has 2 heterocycles. The monoisotopic (exact) mass is 195 g/mol. The number of fused-ring (bicyclic) bond motifs is 1. The summed E-state index contributed by atoms with van der Waals surface area (Å²) in [6, 6.07) is -0.523. The van der Waals surface area contributed by atoms with Crippen LogP contribution in [0, 0.1) is 0 Å². The molecule has 0 radical (unpaired) electrons. The molecule has 0 aliphatic carbocycles. The summed E-state index contributed by atoms with van der Waals surface area (Å²) in [5.74, 6) is -0.428. The molecule has 3 N–H and O–H groups in total. The molecule has 0 aromatic carbocycles. The Labute approximate surface area is 81.9 Å². The van der Waals surface area contributed by atoms with E-state index in [-0.39, 0.29) is 5.91 Å². The number of hydrogen-bond acceptors (Lipinski definition) is 5. The number of likely N-dealkylation sites (N-methyl/N-ethyl adjacent to an activating group) is 1. The zero-order valence-corrected chi connectivity index (χ0v) is 8.19. The fourth-order valence-corrected chi connectivity index (χ4v) is 1.55. The van der Waals surface area contributed by atoms with E-state index < -0.39 is 11.8 Å². The van der Waals surface area contributed by atoms with Crippen LogP contribution in [0.25, 0.3) is 0 Å². The van der Waals surface area contributed by atoms with Crippen molar-refractivity contribution in [2.24, 2.45) is 15.7 Å². The minimum Gasteiger partial charge on any atom is -0.326 e. The summed E-state index contributed by atoms with van der Waals surface area (Å²) in [5, 5.41) is 2.67. The molecule has 1 fully saturated rings. The van der Waals surface area contributed by atoms with Crippen LogP contribution in [0.2, 0.25) is 0 Å². The van der Waals surface area contributed by atoms with Gasteiger partial charge in [-0.1, -0.05) is 0 Å². The van der Waals surface area contributed by atoms with E-state index in [2.05, 4.69) is 15.3 Å².